The van der Waals surface area contributed by atoms with E-state index >= 15 is 0 Å². The molecule has 0 radical (unpaired) electrons. The maximum atomic E-state index is 13.5. The highest BCUT2D eigenvalue weighted by Crippen LogP contribution is 2.36. The van der Waals surface area contributed by atoms with Crippen LogP contribution in [0.15, 0.2) is 60.2 Å². The smallest absolute Gasteiger partial charge is 0.335 e. The van der Waals surface area contributed by atoms with Gasteiger partial charge in [0.1, 0.15) is 11.4 Å². The molecule has 4 rings (SSSR count). The van der Waals surface area contributed by atoms with E-state index < -0.39 is 29.6 Å². The molecule has 1 aliphatic heterocycles. The minimum atomic E-state index is -0.906. The van der Waals surface area contributed by atoms with Gasteiger partial charge in [0.25, 0.3) is 17.7 Å². The number of hydrogen-bond acceptors (Lipinski definition) is 8. The normalized spacial score (nSPS) is 13.9. The predicted octanol–water partition coefficient (Wildman–Crippen LogP) is 5.31. The summed E-state index contributed by atoms with van der Waals surface area (Å²) in [6.45, 7) is 4.18. The van der Waals surface area contributed by atoms with Crippen LogP contribution in [0, 0.1) is 9.39 Å². The van der Waals surface area contributed by atoms with Crippen LogP contribution in [0.2, 0.25) is 0 Å². The number of benzene rings is 3. The van der Waals surface area contributed by atoms with Gasteiger partial charge in [-0.05, 0) is 96.1 Å². The number of urea groups is 1. The topological polar surface area (TPSA) is 132 Å². The Bertz CT molecular complexity index is 1610. The number of imide groups is 2. The van der Waals surface area contributed by atoms with E-state index in [0.717, 1.165) is 11.3 Å². The van der Waals surface area contributed by atoms with E-state index in [2.05, 4.69) is 10.6 Å². The predicted molar refractivity (Wildman–Crippen MR) is 169 cm³/mol. The number of nitrogens with one attached hydrogen (secondary N) is 2. The number of hydrogen-bond donors (Lipinski definition) is 2. The summed E-state index contributed by atoms with van der Waals surface area (Å²) in [5.41, 5.74) is 0.703. The van der Waals surface area contributed by atoms with Crippen molar-refractivity contribution < 1.29 is 42.5 Å². The van der Waals surface area contributed by atoms with Crippen molar-refractivity contribution in [3.8, 4) is 23.0 Å². The van der Waals surface area contributed by atoms with E-state index in [1.807, 2.05) is 29.5 Å². The van der Waals surface area contributed by atoms with Gasteiger partial charge in [-0.3, -0.25) is 19.7 Å². The van der Waals surface area contributed by atoms with Crippen LogP contribution in [0.4, 0.5) is 20.6 Å². The SMILES string of the molecule is CCCOc1ccc(N2C(=O)NC(=O)/C(=C\c3cc(I)c(OCC(=O)Nc4ccc(F)cc4)c(OC)c3)C2=O)cc1OCC. The third-order valence-corrected chi connectivity index (χ3v) is 6.89. The fraction of sp³-hybridized carbons (Fsp3) is 0.226. The van der Waals surface area contributed by atoms with E-state index in [4.69, 9.17) is 18.9 Å². The molecule has 44 heavy (non-hydrogen) atoms. The first-order valence-electron chi connectivity index (χ1n) is 13.5. The van der Waals surface area contributed by atoms with Crippen LogP contribution in [0.25, 0.3) is 6.08 Å². The third kappa shape index (κ3) is 7.64. The van der Waals surface area contributed by atoms with Crippen molar-refractivity contribution in [3.63, 3.8) is 0 Å². The zero-order valence-electron chi connectivity index (χ0n) is 24.1. The Morgan fingerprint density at radius 2 is 1.73 bits per heavy atom. The molecule has 0 spiro atoms. The number of halogens is 2. The van der Waals surface area contributed by atoms with Gasteiger partial charge in [0.2, 0.25) is 0 Å². The summed E-state index contributed by atoms with van der Waals surface area (Å²) in [4.78, 5) is 52.3. The van der Waals surface area contributed by atoms with Gasteiger partial charge in [-0.15, -0.1) is 0 Å². The summed E-state index contributed by atoms with van der Waals surface area (Å²) in [6, 6.07) is 12.2. The number of amides is 5. The lowest BCUT2D eigenvalue weighted by molar-refractivity contribution is -0.122. The molecule has 1 fully saturated rings. The van der Waals surface area contributed by atoms with Gasteiger partial charge in [0.05, 0.1) is 29.6 Å². The minimum absolute atomic E-state index is 0.188. The molecule has 2 N–H and O–H groups in total. The first kappa shape index (κ1) is 32.3. The van der Waals surface area contributed by atoms with E-state index in [-0.39, 0.29) is 29.4 Å². The first-order chi connectivity index (χ1) is 21.1. The molecule has 1 aliphatic rings. The van der Waals surface area contributed by atoms with Crippen LogP contribution < -0.4 is 34.5 Å². The second-order valence-corrected chi connectivity index (χ2v) is 10.4. The number of ether oxygens (including phenoxy) is 4. The minimum Gasteiger partial charge on any atom is -0.493 e. The third-order valence-electron chi connectivity index (χ3n) is 6.09. The number of nitrogens with zero attached hydrogens (tertiary/aromatic N) is 1. The molecule has 1 saturated heterocycles. The lowest BCUT2D eigenvalue weighted by Gasteiger charge is -2.27. The molecule has 0 atom stereocenters. The maximum absolute atomic E-state index is 13.5. The molecule has 0 aliphatic carbocycles. The summed E-state index contributed by atoms with van der Waals surface area (Å²) in [6.07, 6.45) is 2.11. The number of carbonyl (C=O) groups is 4. The highest BCUT2D eigenvalue weighted by atomic mass is 127. The molecular formula is C31H29FIN3O8. The van der Waals surface area contributed by atoms with E-state index in [0.29, 0.717) is 39.5 Å². The number of methoxy groups -OCH3 is 1. The van der Waals surface area contributed by atoms with Crippen molar-refractivity contribution in [2.45, 2.75) is 20.3 Å². The molecule has 0 unspecified atom stereocenters. The number of carbonyl (C=O) groups excluding carboxylic acids is 4. The standard InChI is InChI=1S/C31H29FIN3O8/c1-4-12-43-24-11-10-21(16-25(24)42-5-2)36-30(39)22(29(38)35-31(36)40)13-18-14-23(33)28(26(15-18)41-3)44-17-27(37)34-20-8-6-19(32)7-9-20/h6-11,13-16H,4-5,12,17H2,1-3H3,(H,34,37)(H,35,38,40)/b22-13+. The van der Waals surface area contributed by atoms with Gasteiger partial charge < -0.3 is 24.3 Å². The lowest BCUT2D eigenvalue weighted by atomic mass is 10.1. The summed E-state index contributed by atoms with van der Waals surface area (Å²) in [5.74, 6) is -1.30. The van der Waals surface area contributed by atoms with Crippen LogP contribution in [-0.4, -0.2) is 50.7 Å². The summed E-state index contributed by atoms with van der Waals surface area (Å²) in [7, 11) is 1.40. The van der Waals surface area contributed by atoms with Crippen molar-refractivity contribution in [1.29, 1.82) is 0 Å². The molecule has 0 saturated carbocycles. The van der Waals surface area contributed by atoms with Gasteiger partial charge >= 0.3 is 6.03 Å². The van der Waals surface area contributed by atoms with Gasteiger partial charge in [-0.1, -0.05) is 6.92 Å². The van der Waals surface area contributed by atoms with Gasteiger partial charge in [-0.2, -0.15) is 0 Å². The highest BCUT2D eigenvalue weighted by Gasteiger charge is 2.37. The Kier molecular flexibility index (Phi) is 10.8. The van der Waals surface area contributed by atoms with Crippen molar-refractivity contribution in [3.05, 3.63) is 75.1 Å². The summed E-state index contributed by atoms with van der Waals surface area (Å²) in [5, 5.41) is 4.81. The molecule has 1 heterocycles. The van der Waals surface area contributed by atoms with Crippen molar-refractivity contribution in [1.82, 2.24) is 5.32 Å². The number of rotatable bonds is 12. The summed E-state index contributed by atoms with van der Waals surface area (Å²) >= 11 is 1.97. The second kappa shape index (κ2) is 14.7. The average Bonchev–Trinajstić information content (AvgIpc) is 2.99. The Morgan fingerprint density at radius 3 is 2.41 bits per heavy atom. The van der Waals surface area contributed by atoms with Crippen LogP contribution in [0.5, 0.6) is 23.0 Å². The quantitative estimate of drug-likeness (QED) is 0.147. The molecule has 3 aromatic rings. The molecule has 13 heteroatoms. The molecule has 3 aromatic carbocycles. The number of barbiturate groups is 1. The van der Waals surface area contributed by atoms with Crippen molar-refractivity contribution in [2.24, 2.45) is 0 Å². The fourth-order valence-corrected chi connectivity index (χ4v) is 4.91. The van der Waals surface area contributed by atoms with E-state index in [1.54, 1.807) is 19.1 Å². The van der Waals surface area contributed by atoms with Crippen molar-refractivity contribution >= 4 is 63.8 Å². The molecule has 230 valence electrons. The largest absolute Gasteiger partial charge is 0.493 e. The second-order valence-electron chi connectivity index (χ2n) is 9.25. The molecule has 0 bridgehead atoms. The summed E-state index contributed by atoms with van der Waals surface area (Å²) < 4.78 is 36.1. The van der Waals surface area contributed by atoms with Crippen LogP contribution >= 0.6 is 22.6 Å². The molecular weight excluding hydrogens is 688 g/mol. The van der Waals surface area contributed by atoms with Crippen LogP contribution in [-0.2, 0) is 14.4 Å². The van der Waals surface area contributed by atoms with Crippen LogP contribution in [0.1, 0.15) is 25.8 Å². The highest BCUT2D eigenvalue weighted by molar-refractivity contribution is 14.1. The van der Waals surface area contributed by atoms with Crippen molar-refractivity contribution in [2.75, 3.05) is 37.1 Å². The van der Waals surface area contributed by atoms with E-state index in [1.165, 1.54) is 55.7 Å². The lowest BCUT2D eigenvalue weighted by Crippen LogP contribution is -2.54. The van der Waals surface area contributed by atoms with Gasteiger partial charge in [0, 0.05) is 11.8 Å². The van der Waals surface area contributed by atoms with E-state index in [9.17, 15) is 23.6 Å². The fourth-order valence-electron chi connectivity index (χ4n) is 4.13. The van der Waals surface area contributed by atoms with Crippen LogP contribution in [0.3, 0.4) is 0 Å². The Morgan fingerprint density at radius 1 is 0.977 bits per heavy atom. The molecule has 11 nitrogen and oxygen atoms in total. The number of anilines is 2. The maximum Gasteiger partial charge on any atom is 0.335 e. The Labute approximate surface area is 266 Å². The molecule has 0 aromatic heterocycles. The van der Waals surface area contributed by atoms with Gasteiger partial charge in [-0.25, -0.2) is 14.1 Å². The monoisotopic (exact) mass is 717 g/mol. The molecule has 5 amide bonds. The zero-order chi connectivity index (χ0) is 31.8. The zero-order valence-corrected chi connectivity index (χ0v) is 26.2. The Balaban J connectivity index is 1.57. The first-order valence-corrected chi connectivity index (χ1v) is 14.6. The average molecular weight is 717 g/mol. The Hall–Kier alpha value is -4.66. The van der Waals surface area contributed by atoms with Gasteiger partial charge in [0.15, 0.2) is 29.6 Å².